The van der Waals surface area contributed by atoms with Gasteiger partial charge in [0.25, 0.3) is 5.91 Å². The molecule has 0 aromatic heterocycles. The number of halogens is 1. The first-order valence-corrected chi connectivity index (χ1v) is 10.9. The lowest BCUT2D eigenvalue weighted by atomic mass is 9.96. The number of carbonyl (C=O) groups is 1. The van der Waals surface area contributed by atoms with Crippen LogP contribution in [0.4, 0.5) is 10.1 Å². The molecule has 1 aliphatic rings. The van der Waals surface area contributed by atoms with Crippen molar-refractivity contribution in [2.45, 2.75) is 5.75 Å². The second-order valence-electron chi connectivity index (χ2n) is 7.12. The molecule has 1 aliphatic heterocycles. The van der Waals surface area contributed by atoms with Gasteiger partial charge in [-0.05, 0) is 52.6 Å². The third-order valence-electron chi connectivity index (χ3n) is 5.17. The summed E-state index contributed by atoms with van der Waals surface area (Å²) in [7, 11) is 1.58. The van der Waals surface area contributed by atoms with Crippen molar-refractivity contribution in [2.75, 3.05) is 18.6 Å². The molecule has 4 rings (SSSR count). The molecule has 1 heterocycles. The Morgan fingerprint density at radius 1 is 1.03 bits per heavy atom. The lowest BCUT2D eigenvalue weighted by Crippen LogP contribution is -2.26. The van der Waals surface area contributed by atoms with E-state index in [1.807, 2.05) is 24.3 Å². The van der Waals surface area contributed by atoms with Gasteiger partial charge in [0.2, 0.25) is 0 Å². The van der Waals surface area contributed by atoms with Crippen LogP contribution >= 0.6 is 0 Å². The van der Waals surface area contributed by atoms with E-state index >= 15 is 0 Å². The highest BCUT2D eigenvalue weighted by Crippen LogP contribution is 2.37. The first-order valence-electron chi connectivity index (χ1n) is 9.58. The molecular formula is C24H20FNO4S. The zero-order valence-electron chi connectivity index (χ0n) is 16.7. The van der Waals surface area contributed by atoms with Crippen molar-refractivity contribution in [3.63, 3.8) is 0 Å². The highest BCUT2D eigenvalue weighted by Gasteiger charge is 2.33. The zero-order chi connectivity index (χ0) is 22.0. The standard InChI is InChI=1S/C24H20FNO4S/c1-30-21-11-9-18(10-12-21)23-22(17-7-5-16(6-8-17)15-31(28)29)14-26(24(23)27)20-4-2-3-19(25)13-20/h2-13H,14-15H2,1H3,(H,28,29). The van der Waals surface area contributed by atoms with Crippen LogP contribution in [0.15, 0.2) is 72.8 Å². The Morgan fingerprint density at radius 3 is 2.32 bits per heavy atom. The van der Waals surface area contributed by atoms with E-state index in [0.717, 1.165) is 22.3 Å². The number of rotatable bonds is 6. The Kier molecular flexibility index (Phi) is 5.97. The quantitative estimate of drug-likeness (QED) is 0.576. The fraction of sp³-hybridized carbons (Fsp3) is 0.125. The summed E-state index contributed by atoms with van der Waals surface area (Å²) < 4.78 is 39.2. The number of anilines is 1. The summed E-state index contributed by atoms with van der Waals surface area (Å²) in [6, 6.07) is 20.4. The van der Waals surface area contributed by atoms with E-state index in [9.17, 15) is 13.4 Å². The summed E-state index contributed by atoms with van der Waals surface area (Å²) in [6.45, 7) is 0.287. The molecule has 0 fully saturated rings. The predicted molar refractivity (Wildman–Crippen MR) is 119 cm³/mol. The van der Waals surface area contributed by atoms with Crippen LogP contribution in [0.2, 0.25) is 0 Å². The molecule has 1 atom stereocenters. The maximum Gasteiger partial charge on any atom is 0.259 e. The second-order valence-corrected chi connectivity index (χ2v) is 8.05. The lowest BCUT2D eigenvalue weighted by Gasteiger charge is -2.17. The van der Waals surface area contributed by atoms with E-state index in [1.165, 1.54) is 12.1 Å². The number of hydrogen-bond acceptors (Lipinski definition) is 3. The number of ether oxygens (including phenoxy) is 1. The Balaban J connectivity index is 1.78. The average Bonchev–Trinajstić information content (AvgIpc) is 3.11. The van der Waals surface area contributed by atoms with Gasteiger partial charge < -0.3 is 14.2 Å². The Bertz CT molecular complexity index is 1170. The lowest BCUT2D eigenvalue weighted by molar-refractivity contribution is -0.112. The van der Waals surface area contributed by atoms with Crippen molar-refractivity contribution in [1.29, 1.82) is 0 Å². The van der Waals surface area contributed by atoms with Crippen LogP contribution in [0.3, 0.4) is 0 Å². The summed E-state index contributed by atoms with van der Waals surface area (Å²) >= 11 is -1.93. The minimum atomic E-state index is -1.93. The van der Waals surface area contributed by atoms with E-state index in [0.29, 0.717) is 17.0 Å². The van der Waals surface area contributed by atoms with Crippen LogP contribution in [0, 0.1) is 5.82 Å². The molecule has 31 heavy (non-hydrogen) atoms. The van der Waals surface area contributed by atoms with Gasteiger partial charge in [0.05, 0.1) is 25.0 Å². The molecule has 0 spiro atoms. The van der Waals surface area contributed by atoms with Gasteiger partial charge in [0.1, 0.15) is 11.6 Å². The third kappa shape index (κ3) is 4.42. The summed E-state index contributed by atoms with van der Waals surface area (Å²) in [4.78, 5) is 15.0. The van der Waals surface area contributed by atoms with Crippen molar-refractivity contribution < 1.29 is 22.7 Å². The van der Waals surface area contributed by atoms with E-state index in [2.05, 4.69) is 0 Å². The van der Waals surface area contributed by atoms with Gasteiger partial charge in [-0.1, -0.05) is 42.5 Å². The average molecular weight is 437 g/mol. The Morgan fingerprint density at radius 2 is 1.71 bits per heavy atom. The van der Waals surface area contributed by atoms with Gasteiger partial charge in [-0.3, -0.25) is 4.79 Å². The van der Waals surface area contributed by atoms with Gasteiger partial charge in [0.15, 0.2) is 11.1 Å². The van der Waals surface area contributed by atoms with Crippen molar-refractivity contribution >= 4 is 33.8 Å². The third-order valence-corrected chi connectivity index (χ3v) is 5.75. The zero-order valence-corrected chi connectivity index (χ0v) is 17.6. The molecule has 3 aromatic rings. The fourth-order valence-electron chi connectivity index (χ4n) is 3.66. The molecular weight excluding hydrogens is 417 g/mol. The van der Waals surface area contributed by atoms with E-state index in [-0.39, 0.29) is 18.2 Å². The molecule has 1 amide bonds. The molecule has 0 radical (unpaired) electrons. The minimum Gasteiger partial charge on any atom is -0.497 e. The monoisotopic (exact) mass is 437 g/mol. The van der Waals surface area contributed by atoms with Crippen LogP contribution < -0.4 is 9.64 Å². The highest BCUT2D eigenvalue weighted by molar-refractivity contribution is 7.78. The predicted octanol–water partition coefficient (Wildman–Crippen LogP) is 4.51. The van der Waals surface area contributed by atoms with Gasteiger partial charge in [-0.15, -0.1) is 0 Å². The molecule has 0 aliphatic carbocycles. The number of hydrogen-bond donors (Lipinski definition) is 1. The molecule has 0 saturated carbocycles. The van der Waals surface area contributed by atoms with E-state index < -0.39 is 16.9 Å². The number of methoxy groups -OCH3 is 1. The topological polar surface area (TPSA) is 66.8 Å². The van der Waals surface area contributed by atoms with Crippen molar-refractivity contribution in [3.05, 3.63) is 95.3 Å². The highest BCUT2D eigenvalue weighted by atomic mass is 32.2. The largest absolute Gasteiger partial charge is 0.497 e. The van der Waals surface area contributed by atoms with Crippen LogP contribution in [0.5, 0.6) is 5.75 Å². The van der Waals surface area contributed by atoms with Gasteiger partial charge in [0, 0.05) is 5.69 Å². The number of carbonyl (C=O) groups excluding carboxylic acids is 1. The number of nitrogens with zero attached hydrogens (tertiary/aromatic N) is 1. The summed E-state index contributed by atoms with van der Waals surface area (Å²) in [5.41, 5.74) is 4.10. The maximum atomic E-state index is 13.8. The fourth-order valence-corrected chi connectivity index (χ4v) is 4.14. The van der Waals surface area contributed by atoms with Gasteiger partial charge in [-0.2, -0.15) is 0 Å². The van der Waals surface area contributed by atoms with Crippen LogP contribution in [0.1, 0.15) is 16.7 Å². The van der Waals surface area contributed by atoms with Gasteiger partial charge >= 0.3 is 0 Å². The summed E-state index contributed by atoms with van der Waals surface area (Å²) in [6.07, 6.45) is 0. The molecule has 0 bridgehead atoms. The Labute approximate surface area is 182 Å². The van der Waals surface area contributed by atoms with E-state index in [1.54, 1.807) is 48.4 Å². The van der Waals surface area contributed by atoms with Gasteiger partial charge in [-0.25, -0.2) is 8.60 Å². The van der Waals surface area contributed by atoms with Crippen molar-refractivity contribution in [1.82, 2.24) is 0 Å². The first-order chi connectivity index (χ1) is 15.0. The van der Waals surface area contributed by atoms with Crippen LogP contribution in [-0.4, -0.2) is 28.3 Å². The minimum absolute atomic E-state index is 0.0407. The molecule has 158 valence electrons. The van der Waals surface area contributed by atoms with Crippen molar-refractivity contribution in [2.24, 2.45) is 0 Å². The second kappa shape index (κ2) is 8.83. The molecule has 3 aromatic carbocycles. The van der Waals surface area contributed by atoms with Crippen LogP contribution in [0.25, 0.3) is 11.1 Å². The molecule has 1 N–H and O–H groups in total. The molecule has 5 nitrogen and oxygen atoms in total. The SMILES string of the molecule is COc1ccc(C2=C(c3ccc(CS(=O)O)cc3)CN(c3cccc(F)c3)C2=O)cc1. The smallest absolute Gasteiger partial charge is 0.259 e. The maximum absolute atomic E-state index is 13.8. The Hall–Kier alpha value is -3.29. The number of benzene rings is 3. The molecule has 7 heteroatoms. The van der Waals surface area contributed by atoms with Crippen molar-refractivity contribution in [3.8, 4) is 5.75 Å². The first kappa shape index (κ1) is 21.0. The number of amides is 1. The normalized spacial score (nSPS) is 14.8. The molecule has 1 unspecified atom stereocenters. The van der Waals surface area contributed by atoms with E-state index in [4.69, 9.17) is 9.29 Å². The summed E-state index contributed by atoms with van der Waals surface area (Å²) in [5, 5.41) is 0. The van der Waals surface area contributed by atoms with Crippen LogP contribution in [-0.2, 0) is 21.6 Å². The summed E-state index contributed by atoms with van der Waals surface area (Å²) in [5.74, 6) is 0.0936. The molecule has 0 saturated heterocycles.